The quantitative estimate of drug-likeness (QED) is 0.388. The third kappa shape index (κ3) is 5.87. The minimum atomic E-state index is -1.42. The molecule has 2 heterocycles. The first-order chi connectivity index (χ1) is 15.2. The van der Waals surface area contributed by atoms with E-state index in [0.29, 0.717) is 19.8 Å². The second kappa shape index (κ2) is 10.9. The van der Waals surface area contributed by atoms with Crippen molar-refractivity contribution < 1.29 is 18.8 Å². The number of nitrogens with zero attached hydrogens (tertiary/aromatic N) is 1. The second-order valence-corrected chi connectivity index (χ2v) is 12.2. The summed E-state index contributed by atoms with van der Waals surface area (Å²) in [6.45, 7) is 10.9. The van der Waals surface area contributed by atoms with E-state index in [0.717, 1.165) is 34.4 Å². The van der Waals surface area contributed by atoms with Crippen LogP contribution in [-0.4, -0.2) is 48.2 Å². The largest absolute Gasteiger partial charge is 0.598 e. The van der Waals surface area contributed by atoms with Crippen molar-refractivity contribution >= 4 is 50.3 Å². The zero-order chi connectivity index (χ0) is 23.4. The molecule has 0 bridgehead atoms. The van der Waals surface area contributed by atoms with Crippen LogP contribution in [0.5, 0.6) is 0 Å². The average Bonchev–Trinajstić information content (AvgIpc) is 3.28. The second-order valence-electron chi connectivity index (χ2n) is 8.65. The van der Waals surface area contributed by atoms with Crippen LogP contribution in [0.4, 0.5) is 5.69 Å². The molecule has 1 aliphatic rings. The number of carbonyl (C=O) groups excluding carboxylic acids is 1. The molecule has 1 N–H and O–H groups in total. The van der Waals surface area contributed by atoms with Gasteiger partial charge in [-0.3, -0.25) is 4.79 Å². The topological polar surface area (TPSA) is 73.9 Å². The summed E-state index contributed by atoms with van der Waals surface area (Å²) in [5.74, 6) is -0.342. The van der Waals surface area contributed by atoms with Crippen molar-refractivity contribution in [3.05, 3.63) is 50.6 Å². The van der Waals surface area contributed by atoms with E-state index in [-0.39, 0.29) is 12.4 Å². The fourth-order valence-corrected chi connectivity index (χ4v) is 5.90. The predicted octanol–water partition coefficient (Wildman–Crippen LogP) is 4.60. The first kappa shape index (κ1) is 25.5. The zero-order valence-corrected chi connectivity index (χ0v) is 22.2. The maximum Gasteiger partial charge on any atom is 0.308 e. The van der Waals surface area contributed by atoms with Crippen molar-refractivity contribution in [1.29, 1.82) is 0 Å². The molecule has 2 unspecified atom stereocenters. The number of rotatable bonds is 8. The SMILES string of the molecule is CCOC(=O)CC(N[S+]([O-])C(C)(C)C)(c1ccsc1)c1ccc(N2CCOCC2)c(Br)c1. The summed E-state index contributed by atoms with van der Waals surface area (Å²) in [5, 5.41) is 3.96. The van der Waals surface area contributed by atoms with E-state index in [4.69, 9.17) is 9.47 Å². The highest BCUT2D eigenvalue weighted by molar-refractivity contribution is 9.10. The predicted molar refractivity (Wildman–Crippen MR) is 135 cm³/mol. The van der Waals surface area contributed by atoms with Gasteiger partial charge < -0.3 is 18.9 Å². The Kier molecular flexibility index (Phi) is 8.68. The molecule has 1 fully saturated rings. The van der Waals surface area contributed by atoms with Crippen LogP contribution in [0.15, 0.2) is 39.5 Å². The van der Waals surface area contributed by atoms with Crippen LogP contribution in [0.2, 0.25) is 0 Å². The van der Waals surface area contributed by atoms with E-state index in [1.807, 2.05) is 49.7 Å². The molecule has 1 aliphatic heterocycles. The summed E-state index contributed by atoms with van der Waals surface area (Å²) in [4.78, 5) is 15.0. The summed E-state index contributed by atoms with van der Waals surface area (Å²) >= 11 is 3.86. The molecule has 0 saturated carbocycles. The van der Waals surface area contributed by atoms with Gasteiger partial charge in [-0.1, -0.05) is 6.07 Å². The summed E-state index contributed by atoms with van der Waals surface area (Å²) in [6.07, 6.45) is 0.0305. The molecule has 0 radical (unpaired) electrons. The van der Waals surface area contributed by atoms with Crippen molar-refractivity contribution in [2.75, 3.05) is 37.8 Å². The highest BCUT2D eigenvalue weighted by atomic mass is 79.9. The van der Waals surface area contributed by atoms with Gasteiger partial charge in [0.25, 0.3) is 0 Å². The molecule has 176 valence electrons. The van der Waals surface area contributed by atoms with Gasteiger partial charge >= 0.3 is 5.97 Å². The summed E-state index contributed by atoms with van der Waals surface area (Å²) < 4.78 is 27.8. The van der Waals surface area contributed by atoms with E-state index < -0.39 is 21.6 Å². The molecule has 9 heteroatoms. The Labute approximate surface area is 206 Å². The molecule has 0 aliphatic carbocycles. The Morgan fingerprint density at radius 3 is 2.56 bits per heavy atom. The molecule has 1 saturated heterocycles. The van der Waals surface area contributed by atoms with Crippen LogP contribution in [0.25, 0.3) is 0 Å². The third-order valence-corrected chi connectivity index (χ3v) is 8.31. The summed E-state index contributed by atoms with van der Waals surface area (Å²) in [6, 6.07) is 8.06. The van der Waals surface area contributed by atoms with Gasteiger partial charge in [0.2, 0.25) is 0 Å². The third-order valence-electron chi connectivity index (χ3n) is 5.34. The highest BCUT2D eigenvalue weighted by Crippen LogP contribution is 2.40. The van der Waals surface area contributed by atoms with Gasteiger partial charge in [-0.15, -0.1) is 4.72 Å². The van der Waals surface area contributed by atoms with Gasteiger partial charge in [-0.25, -0.2) is 0 Å². The van der Waals surface area contributed by atoms with Gasteiger partial charge in [0.05, 0.1) is 31.9 Å². The monoisotopic (exact) mass is 542 g/mol. The summed E-state index contributed by atoms with van der Waals surface area (Å²) in [5.41, 5.74) is 1.82. The highest BCUT2D eigenvalue weighted by Gasteiger charge is 2.45. The number of halogens is 1. The molecule has 0 spiro atoms. The zero-order valence-electron chi connectivity index (χ0n) is 19.0. The lowest BCUT2D eigenvalue weighted by atomic mass is 9.82. The molecule has 32 heavy (non-hydrogen) atoms. The van der Waals surface area contributed by atoms with E-state index in [9.17, 15) is 9.35 Å². The van der Waals surface area contributed by atoms with Crippen molar-refractivity contribution in [3.8, 4) is 0 Å². The van der Waals surface area contributed by atoms with Crippen molar-refractivity contribution in [1.82, 2.24) is 4.72 Å². The van der Waals surface area contributed by atoms with Crippen LogP contribution < -0.4 is 9.62 Å². The molecule has 2 atom stereocenters. The Hall–Kier alpha value is -1.10. The van der Waals surface area contributed by atoms with Crippen LogP contribution in [0.3, 0.4) is 0 Å². The first-order valence-corrected chi connectivity index (χ1v) is 13.6. The fourth-order valence-electron chi connectivity index (χ4n) is 3.60. The number of hydrogen-bond donors (Lipinski definition) is 1. The van der Waals surface area contributed by atoms with E-state index in [1.54, 1.807) is 18.3 Å². The van der Waals surface area contributed by atoms with Crippen molar-refractivity contribution in [3.63, 3.8) is 0 Å². The molecule has 0 amide bonds. The van der Waals surface area contributed by atoms with E-state index in [1.165, 1.54) is 0 Å². The molecular formula is C23H31BrN2O4S2. The normalized spacial score (nSPS) is 17.6. The fraction of sp³-hybridized carbons (Fsp3) is 0.522. The molecule has 1 aromatic carbocycles. The number of esters is 1. The van der Waals surface area contributed by atoms with E-state index >= 15 is 0 Å². The number of thiophene rings is 1. The number of ether oxygens (including phenoxy) is 2. The number of nitrogens with one attached hydrogen (secondary N) is 1. The first-order valence-electron chi connectivity index (χ1n) is 10.7. The van der Waals surface area contributed by atoms with Crippen molar-refractivity contribution in [2.45, 2.75) is 44.4 Å². The van der Waals surface area contributed by atoms with Gasteiger partial charge in [0.15, 0.2) is 0 Å². The van der Waals surface area contributed by atoms with Crippen LogP contribution in [0.1, 0.15) is 45.2 Å². The number of morpholine rings is 1. The lowest BCUT2D eigenvalue weighted by Crippen LogP contribution is -2.53. The van der Waals surface area contributed by atoms with Crippen molar-refractivity contribution in [2.24, 2.45) is 0 Å². The lowest BCUT2D eigenvalue weighted by Gasteiger charge is -2.38. The molecular weight excluding hydrogens is 512 g/mol. The number of hydrogen-bond acceptors (Lipinski definition) is 7. The lowest BCUT2D eigenvalue weighted by molar-refractivity contribution is -0.144. The minimum Gasteiger partial charge on any atom is -0.598 e. The molecule has 2 aromatic rings. The van der Waals surface area contributed by atoms with Crippen LogP contribution >= 0.6 is 27.3 Å². The number of anilines is 1. The Bertz CT molecular complexity index is 898. The Morgan fingerprint density at radius 1 is 1.28 bits per heavy atom. The Morgan fingerprint density at radius 2 is 2.00 bits per heavy atom. The van der Waals surface area contributed by atoms with Gasteiger partial charge in [-0.05, 0) is 83.7 Å². The number of benzene rings is 1. The summed E-state index contributed by atoms with van der Waals surface area (Å²) in [7, 11) is 0. The minimum absolute atomic E-state index is 0.0305. The molecule has 6 nitrogen and oxygen atoms in total. The van der Waals surface area contributed by atoms with Crippen LogP contribution in [0, 0.1) is 0 Å². The van der Waals surface area contributed by atoms with E-state index in [2.05, 4.69) is 31.6 Å². The maximum absolute atomic E-state index is 13.3. The average molecular weight is 544 g/mol. The van der Waals surface area contributed by atoms with Gasteiger partial charge in [-0.2, -0.15) is 11.3 Å². The standard InChI is InChI=1S/C23H31BrN2O4S2/c1-5-30-21(27)15-23(18-8-13-31-16-18,25-32(28)22(2,3)4)17-6-7-20(19(24)14-17)26-9-11-29-12-10-26/h6-8,13-14,16,25H,5,9-12,15H2,1-4H3. The maximum atomic E-state index is 13.3. The van der Waals surface area contributed by atoms with Crippen LogP contribution in [-0.2, 0) is 31.2 Å². The van der Waals surface area contributed by atoms with Gasteiger partial charge in [0, 0.05) is 28.9 Å². The number of carbonyl (C=O) groups is 1. The smallest absolute Gasteiger partial charge is 0.308 e. The van der Waals surface area contributed by atoms with Gasteiger partial charge in [0.1, 0.15) is 10.3 Å². The molecule has 1 aromatic heterocycles. The molecule has 3 rings (SSSR count). The Balaban J connectivity index is 2.09.